The number of anilines is 1. The van der Waals surface area contributed by atoms with Crippen molar-refractivity contribution in [2.45, 2.75) is 24.1 Å². The van der Waals surface area contributed by atoms with Crippen LogP contribution in [0.2, 0.25) is 0 Å². The zero-order valence-electron chi connectivity index (χ0n) is 14.6. The Morgan fingerprint density at radius 2 is 1.70 bits per heavy atom. The maximum atomic E-state index is 12.6. The van der Waals surface area contributed by atoms with Crippen LogP contribution in [-0.2, 0) is 16.0 Å². The zero-order chi connectivity index (χ0) is 19.2. The van der Waals surface area contributed by atoms with Crippen LogP contribution in [0.25, 0.3) is 0 Å². The van der Waals surface area contributed by atoms with E-state index in [2.05, 4.69) is 5.32 Å². The van der Waals surface area contributed by atoms with Crippen LogP contribution in [0.3, 0.4) is 0 Å². The lowest BCUT2D eigenvalue weighted by molar-refractivity contribution is -0.125. The van der Waals surface area contributed by atoms with E-state index in [0.29, 0.717) is 12.1 Å². The molecule has 2 N–H and O–H groups in total. The summed E-state index contributed by atoms with van der Waals surface area (Å²) >= 11 is 0.858. The highest BCUT2D eigenvalue weighted by Gasteiger charge is 2.41. The predicted octanol–water partition coefficient (Wildman–Crippen LogP) is 2.36. The van der Waals surface area contributed by atoms with Gasteiger partial charge >= 0.3 is 0 Å². The molecule has 1 aliphatic rings. The fourth-order valence-electron chi connectivity index (χ4n) is 2.91. The van der Waals surface area contributed by atoms with Crippen LogP contribution in [0.4, 0.5) is 10.5 Å². The van der Waals surface area contributed by atoms with E-state index >= 15 is 0 Å². The quantitative estimate of drug-likeness (QED) is 0.765. The van der Waals surface area contributed by atoms with Crippen molar-refractivity contribution in [1.82, 2.24) is 5.32 Å². The van der Waals surface area contributed by atoms with Gasteiger partial charge in [-0.25, -0.2) is 4.90 Å². The number of amides is 3. The third-order valence-corrected chi connectivity index (χ3v) is 5.25. The average molecular weight is 384 g/mol. The van der Waals surface area contributed by atoms with E-state index in [9.17, 15) is 19.5 Å². The fourth-order valence-corrected chi connectivity index (χ4v) is 3.90. The van der Waals surface area contributed by atoms with Gasteiger partial charge in [-0.15, -0.1) is 0 Å². The molecule has 2 atom stereocenters. The van der Waals surface area contributed by atoms with Gasteiger partial charge in [-0.3, -0.25) is 14.4 Å². The molecule has 27 heavy (non-hydrogen) atoms. The highest BCUT2D eigenvalue weighted by atomic mass is 32.2. The molecule has 3 amide bonds. The molecular weight excluding hydrogens is 364 g/mol. The molecule has 2 unspecified atom stereocenters. The third-order valence-electron chi connectivity index (χ3n) is 4.22. The van der Waals surface area contributed by atoms with Crippen LogP contribution in [-0.4, -0.2) is 40.1 Å². The van der Waals surface area contributed by atoms with E-state index in [1.165, 1.54) is 0 Å². The number of carbonyl (C=O) groups excluding carboxylic acids is 3. The number of imide groups is 1. The molecule has 3 rings (SSSR count). The van der Waals surface area contributed by atoms with E-state index in [4.69, 9.17) is 0 Å². The van der Waals surface area contributed by atoms with Crippen molar-refractivity contribution < 1.29 is 19.5 Å². The van der Waals surface area contributed by atoms with Gasteiger partial charge in [0.15, 0.2) is 0 Å². The number of para-hydroxylation sites is 1. The van der Waals surface area contributed by atoms with Crippen LogP contribution in [0.5, 0.6) is 0 Å². The Bertz CT molecular complexity index is 813. The number of aliphatic hydroxyl groups is 1. The number of hydrogen-bond donors (Lipinski definition) is 2. The summed E-state index contributed by atoms with van der Waals surface area (Å²) in [7, 11) is 0. The number of rotatable bonds is 7. The van der Waals surface area contributed by atoms with Gasteiger partial charge in [-0.2, -0.15) is 0 Å². The summed E-state index contributed by atoms with van der Waals surface area (Å²) in [6.45, 7) is -0.207. The van der Waals surface area contributed by atoms with Crippen molar-refractivity contribution in [3.8, 4) is 0 Å². The second-order valence-corrected chi connectivity index (χ2v) is 7.38. The van der Waals surface area contributed by atoms with Gasteiger partial charge in [0.1, 0.15) is 5.25 Å². The van der Waals surface area contributed by atoms with Gasteiger partial charge in [-0.05, 0) is 35.9 Å². The van der Waals surface area contributed by atoms with Crippen molar-refractivity contribution >= 4 is 34.5 Å². The minimum atomic E-state index is -0.756. The number of nitrogens with zero attached hydrogens (tertiary/aromatic N) is 1. The van der Waals surface area contributed by atoms with Crippen molar-refractivity contribution in [3.63, 3.8) is 0 Å². The van der Waals surface area contributed by atoms with Gasteiger partial charge in [0.05, 0.1) is 18.3 Å². The SMILES string of the molecule is O=C(CC1SC(=O)N(c2ccccc2)C1=O)NC(CO)Cc1ccccc1. The summed E-state index contributed by atoms with van der Waals surface area (Å²) in [6, 6.07) is 17.7. The van der Waals surface area contributed by atoms with Gasteiger partial charge in [-0.1, -0.05) is 48.5 Å². The van der Waals surface area contributed by atoms with Crippen molar-refractivity contribution in [2.75, 3.05) is 11.5 Å². The lowest BCUT2D eigenvalue weighted by atomic mass is 10.1. The summed E-state index contributed by atoms with van der Waals surface area (Å²) in [5.41, 5.74) is 1.49. The van der Waals surface area contributed by atoms with E-state index in [1.54, 1.807) is 30.3 Å². The van der Waals surface area contributed by atoms with Gasteiger partial charge in [0, 0.05) is 6.42 Å². The molecule has 0 bridgehead atoms. The molecule has 1 fully saturated rings. The molecular formula is C20H20N2O4S. The van der Waals surface area contributed by atoms with E-state index < -0.39 is 17.2 Å². The second-order valence-electron chi connectivity index (χ2n) is 6.22. The molecule has 0 radical (unpaired) electrons. The van der Waals surface area contributed by atoms with E-state index in [1.807, 2.05) is 30.3 Å². The first kappa shape index (κ1) is 19.1. The number of aliphatic hydroxyl groups excluding tert-OH is 1. The standard InChI is InChI=1S/C20H20N2O4S/c23-13-15(11-14-7-3-1-4-8-14)21-18(24)12-17-19(25)22(20(26)27-17)16-9-5-2-6-10-16/h1-10,15,17,23H,11-13H2,(H,21,24). The molecule has 2 aromatic carbocycles. The molecule has 1 heterocycles. The van der Waals surface area contributed by atoms with Gasteiger partial charge < -0.3 is 10.4 Å². The predicted molar refractivity (Wildman–Crippen MR) is 104 cm³/mol. The Labute approximate surface area is 161 Å². The number of benzene rings is 2. The average Bonchev–Trinajstić information content (AvgIpc) is 2.95. The summed E-state index contributed by atoms with van der Waals surface area (Å²) in [6.07, 6.45) is 0.383. The molecule has 1 saturated heterocycles. The molecule has 1 aliphatic heterocycles. The normalized spacial score (nSPS) is 17.8. The summed E-state index contributed by atoms with van der Waals surface area (Å²) in [5, 5.41) is 11.1. The summed E-state index contributed by atoms with van der Waals surface area (Å²) in [4.78, 5) is 38.2. The Balaban J connectivity index is 1.59. The summed E-state index contributed by atoms with van der Waals surface area (Å²) < 4.78 is 0. The molecule has 0 aliphatic carbocycles. The number of thioether (sulfide) groups is 1. The highest BCUT2D eigenvalue weighted by Crippen LogP contribution is 2.33. The first-order valence-electron chi connectivity index (χ1n) is 8.62. The molecule has 140 valence electrons. The van der Waals surface area contributed by atoms with Crippen molar-refractivity contribution in [3.05, 3.63) is 66.2 Å². The Kier molecular flexibility index (Phi) is 6.26. The Morgan fingerprint density at radius 1 is 1.07 bits per heavy atom. The van der Waals surface area contributed by atoms with Gasteiger partial charge in [0.25, 0.3) is 5.24 Å². The Hall–Kier alpha value is -2.64. The maximum Gasteiger partial charge on any atom is 0.293 e. The first-order valence-corrected chi connectivity index (χ1v) is 9.50. The minimum absolute atomic E-state index is 0.107. The molecule has 7 heteroatoms. The van der Waals surface area contributed by atoms with Crippen LogP contribution >= 0.6 is 11.8 Å². The molecule has 0 saturated carbocycles. The number of nitrogens with one attached hydrogen (secondary N) is 1. The first-order chi connectivity index (χ1) is 13.1. The number of hydrogen-bond acceptors (Lipinski definition) is 5. The smallest absolute Gasteiger partial charge is 0.293 e. The monoisotopic (exact) mass is 384 g/mol. The molecule has 0 aromatic heterocycles. The van der Waals surface area contributed by atoms with E-state index in [-0.39, 0.29) is 24.2 Å². The molecule has 6 nitrogen and oxygen atoms in total. The lowest BCUT2D eigenvalue weighted by Crippen LogP contribution is -2.41. The van der Waals surface area contributed by atoms with Crippen LogP contribution in [0, 0.1) is 0 Å². The number of carbonyl (C=O) groups is 3. The lowest BCUT2D eigenvalue weighted by Gasteiger charge is -2.17. The fraction of sp³-hybridized carbons (Fsp3) is 0.250. The van der Waals surface area contributed by atoms with E-state index in [0.717, 1.165) is 22.2 Å². The molecule has 2 aromatic rings. The molecule has 0 spiro atoms. The third kappa shape index (κ3) is 4.75. The van der Waals surface area contributed by atoms with Crippen molar-refractivity contribution in [2.24, 2.45) is 0 Å². The second kappa shape index (κ2) is 8.83. The van der Waals surface area contributed by atoms with Crippen LogP contribution < -0.4 is 10.2 Å². The minimum Gasteiger partial charge on any atom is -0.394 e. The topological polar surface area (TPSA) is 86.7 Å². The highest BCUT2D eigenvalue weighted by molar-refractivity contribution is 8.15. The summed E-state index contributed by atoms with van der Waals surface area (Å²) in [5.74, 6) is -0.756. The zero-order valence-corrected chi connectivity index (χ0v) is 15.4. The maximum absolute atomic E-state index is 12.6. The van der Waals surface area contributed by atoms with Crippen LogP contribution in [0.1, 0.15) is 12.0 Å². The van der Waals surface area contributed by atoms with Crippen molar-refractivity contribution in [1.29, 1.82) is 0 Å². The van der Waals surface area contributed by atoms with Crippen LogP contribution in [0.15, 0.2) is 60.7 Å². The largest absolute Gasteiger partial charge is 0.394 e. The van der Waals surface area contributed by atoms with Gasteiger partial charge in [0.2, 0.25) is 11.8 Å². The Morgan fingerprint density at radius 3 is 2.33 bits per heavy atom.